The fourth-order valence-corrected chi connectivity index (χ4v) is 3.52. The minimum atomic E-state index is -1.62. The maximum absolute atomic E-state index is 13.3. The van der Waals surface area contributed by atoms with Gasteiger partial charge in [0.05, 0.1) is 16.8 Å². The molecule has 1 aliphatic heterocycles. The van der Waals surface area contributed by atoms with Gasteiger partial charge in [-0.2, -0.15) is 0 Å². The number of benzene rings is 3. The number of amides is 2. The highest BCUT2D eigenvalue weighted by molar-refractivity contribution is 6.25. The zero-order valence-corrected chi connectivity index (χ0v) is 18.6. The average Bonchev–Trinajstić information content (AvgIpc) is 3.08. The molecule has 0 unspecified atom stereocenters. The van der Waals surface area contributed by atoms with Crippen LogP contribution in [0, 0.1) is 0 Å². The SMILES string of the molecule is CN(C)c1ccc(N2C(=O)[C@H](OC(=O)c3ccccc3)[C@@H](OC(=O)c3ccccc3)C2=O)cc1. The molecule has 8 nitrogen and oxygen atoms in total. The lowest BCUT2D eigenvalue weighted by atomic mass is 10.2. The third-order valence-corrected chi connectivity index (χ3v) is 5.31. The summed E-state index contributed by atoms with van der Waals surface area (Å²) in [7, 11) is 3.72. The number of esters is 2. The van der Waals surface area contributed by atoms with Crippen molar-refractivity contribution in [3.05, 3.63) is 96.1 Å². The van der Waals surface area contributed by atoms with Crippen molar-refractivity contribution in [1.82, 2.24) is 0 Å². The van der Waals surface area contributed by atoms with Crippen LogP contribution in [-0.4, -0.2) is 50.1 Å². The molecule has 0 aliphatic carbocycles. The first kappa shape index (κ1) is 22.7. The van der Waals surface area contributed by atoms with Crippen LogP contribution in [0.25, 0.3) is 0 Å². The summed E-state index contributed by atoms with van der Waals surface area (Å²) >= 11 is 0. The molecule has 2 atom stereocenters. The van der Waals surface area contributed by atoms with Gasteiger partial charge in [0.2, 0.25) is 12.2 Å². The van der Waals surface area contributed by atoms with Crippen LogP contribution in [0.15, 0.2) is 84.9 Å². The van der Waals surface area contributed by atoms with Gasteiger partial charge in [-0.15, -0.1) is 0 Å². The molecule has 0 spiro atoms. The Morgan fingerprint density at radius 3 is 1.47 bits per heavy atom. The second-order valence-electron chi connectivity index (χ2n) is 7.81. The third-order valence-electron chi connectivity index (χ3n) is 5.31. The normalized spacial score (nSPS) is 17.4. The topological polar surface area (TPSA) is 93.2 Å². The molecule has 1 fully saturated rings. The molecule has 0 saturated carbocycles. The zero-order valence-electron chi connectivity index (χ0n) is 18.6. The summed E-state index contributed by atoms with van der Waals surface area (Å²) in [5.41, 5.74) is 1.54. The number of imide groups is 1. The Balaban J connectivity index is 1.65. The van der Waals surface area contributed by atoms with E-state index >= 15 is 0 Å². The van der Waals surface area contributed by atoms with Gasteiger partial charge in [0.1, 0.15) is 0 Å². The number of rotatable bonds is 6. The van der Waals surface area contributed by atoms with Crippen molar-refractivity contribution in [3.63, 3.8) is 0 Å². The Kier molecular flexibility index (Phi) is 6.40. The molecule has 34 heavy (non-hydrogen) atoms. The van der Waals surface area contributed by atoms with Gasteiger partial charge in [-0.25, -0.2) is 14.5 Å². The summed E-state index contributed by atoms with van der Waals surface area (Å²) < 4.78 is 10.8. The maximum atomic E-state index is 13.3. The molecule has 4 rings (SSSR count). The molecular formula is C26H22N2O6. The van der Waals surface area contributed by atoms with E-state index in [4.69, 9.17) is 9.47 Å². The van der Waals surface area contributed by atoms with Crippen LogP contribution in [0.4, 0.5) is 11.4 Å². The van der Waals surface area contributed by atoms with Gasteiger partial charge in [0, 0.05) is 19.8 Å². The quantitative estimate of drug-likeness (QED) is 0.414. The molecule has 8 heteroatoms. The van der Waals surface area contributed by atoms with Crippen LogP contribution in [0.3, 0.4) is 0 Å². The van der Waals surface area contributed by atoms with Gasteiger partial charge >= 0.3 is 11.9 Å². The maximum Gasteiger partial charge on any atom is 0.339 e. The van der Waals surface area contributed by atoms with Crippen molar-refractivity contribution in [3.8, 4) is 0 Å². The van der Waals surface area contributed by atoms with E-state index in [1.165, 1.54) is 24.3 Å². The van der Waals surface area contributed by atoms with E-state index in [1.54, 1.807) is 60.7 Å². The average molecular weight is 458 g/mol. The largest absolute Gasteiger partial charge is 0.444 e. The van der Waals surface area contributed by atoms with Crippen LogP contribution in [0.1, 0.15) is 20.7 Å². The third kappa shape index (κ3) is 4.52. The van der Waals surface area contributed by atoms with E-state index in [1.807, 2.05) is 19.0 Å². The Labute approximate surface area is 196 Å². The van der Waals surface area contributed by atoms with Crippen LogP contribution in [-0.2, 0) is 19.1 Å². The number of carbonyl (C=O) groups excluding carboxylic acids is 4. The highest BCUT2D eigenvalue weighted by Crippen LogP contribution is 2.29. The van der Waals surface area contributed by atoms with Crippen LogP contribution < -0.4 is 9.80 Å². The highest BCUT2D eigenvalue weighted by atomic mass is 16.6. The van der Waals surface area contributed by atoms with Gasteiger partial charge in [-0.05, 0) is 48.5 Å². The smallest absolute Gasteiger partial charge is 0.339 e. The zero-order chi connectivity index (χ0) is 24.2. The molecule has 172 valence electrons. The molecule has 0 bridgehead atoms. The molecule has 3 aromatic carbocycles. The van der Waals surface area contributed by atoms with E-state index in [-0.39, 0.29) is 16.8 Å². The molecule has 2 amide bonds. The molecule has 0 N–H and O–H groups in total. The Morgan fingerprint density at radius 2 is 1.09 bits per heavy atom. The van der Waals surface area contributed by atoms with Crippen LogP contribution >= 0.6 is 0 Å². The fourth-order valence-electron chi connectivity index (χ4n) is 3.52. The number of carbonyl (C=O) groups is 4. The summed E-state index contributed by atoms with van der Waals surface area (Å²) in [5.74, 6) is -3.20. The van der Waals surface area contributed by atoms with Gasteiger partial charge in [0.15, 0.2) is 0 Å². The van der Waals surface area contributed by atoms with E-state index in [0.717, 1.165) is 10.6 Å². The lowest BCUT2D eigenvalue weighted by Crippen LogP contribution is -2.37. The van der Waals surface area contributed by atoms with E-state index < -0.39 is 36.0 Å². The lowest BCUT2D eigenvalue weighted by molar-refractivity contribution is -0.130. The summed E-state index contributed by atoms with van der Waals surface area (Å²) in [6.45, 7) is 0. The highest BCUT2D eigenvalue weighted by Gasteiger charge is 2.53. The molecule has 1 saturated heterocycles. The van der Waals surface area contributed by atoms with Crippen molar-refractivity contribution >= 4 is 35.1 Å². The lowest BCUT2D eigenvalue weighted by Gasteiger charge is -2.17. The fraction of sp³-hybridized carbons (Fsp3) is 0.154. The first-order chi connectivity index (χ1) is 16.4. The van der Waals surface area contributed by atoms with Gasteiger partial charge in [-0.3, -0.25) is 9.59 Å². The van der Waals surface area contributed by atoms with Crippen molar-refractivity contribution in [2.75, 3.05) is 23.9 Å². The molecule has 1 heterocycles. The van der Waals surface area contributed by atoms with Crippen molar-refractivity contribution in [1.29, 1.82) is 0 Å². The molecular weight excluding hydrogens is 436 g/mol. The predicted molar refractivity (Wildman–Crippen MR) is 125 cm³/mol. The van der Waals surface area contributed by atoms with Gasteiger partial charge in [-0.1, -0.05) is 36.4 Å². The summed E-state index contributed by atoms with van der Waals surface area (Å²) in [6, 6.07) is 22.8. The predicted octanol–water partition coefficient (Wildman–Crippen LogP) is 3.08. The molecule has 0 aromatic heterocycles. The van der Waals surface area contributed by atoms with Crippen LogP contribution in [0.5, 0.6) is 0 Å². The minimum absolute atomic E-state index is 0.199. The van der Waals surface area contributed by atoms with Crippen molar-refractivity contribution < 1.29 is 28.7 Å². The number of nitrogens with zero attached hydrogens (tertiary/aromatic N) is 2. The van der Waals surface area contributed by atoms with E-state index in [9.17, 15) is 19.2 Å². The molecule has 0 radical (unpaired) electrons. The number of ether oxygens (including phenoxy) is 2. The number of hydrogen-bond donors (Lipinski definition) is 0. The standard InChI is InChI=1S/C26H22N2O6/c1-27(2)19-13-15-20(16-14-19)28-23(29)21(33-25(31)17-9-5-3-6-10-17)22(24(28)30)34-26(32)18-11-7-4-8-12-18/h3-16,21-22H,1-2H3/t21-,22-/m1/s1. The Hall–Kier alpha value is -4.46. The van der Waals surface area contributed by atoms with Crippen LogP contribution in [0.2, 0.25) is 0 Å². The van der Waals surface area contributed by atoms with Crippen molar-refractivity contribution in [2.24, 2.45) is 0 Å². The summed E-state index contributed by atoms with van der Waals surface area (Å²) in [6.07, 6.45) is -3.25. The monoisotopic (exact) mass is 458 g/mol. The first-order valence-corrected chi connectivity index (χ1v) is 10.5. The second kappa shape index (κ2) is 9.58. The number of hydrogen-bond acceptors (Lipinski definition) is 7. The Morgan fingerprint density at radius 1 is 0.676 bits per heavy atom. The van der Waals surface area contributed by atoms with E-state index in [2.05, 4.69) is 0 Å². The van der Waals surface area contributed by atoms with Gasteiger partial charge in [0.25, 0.3) is 11.8 Å². The van der Waals surface area contributed by atoms with Crippen molar-refractivity contribution in [2.45, 2.75) is 12.2 Å². The minimum Gasteiger partial charge on any atom is -0.444 e. The first-order valence-electron chi connectivity index (χ1n) is 10.5. The number of anilines is 2. The van der Waals surface area contributed by atoms with E-state index in [0.29, 0.717) is 0 Å². The molecule has 1 aliphatic rings. The summed E-state index contributed by atoms with van der Waals surface area (Å²) in [5, 5.41) is 0. The Bertz CT molecular complexity index is 1140. The van der Waals surface area contributed by atoms with Gasteiger partial charge < -0.3 is 14.4 Å². The summed E-state index contributed by atoms with van der Waals surface area (Å²) in [4.78, 5) is 54.6. The second-order valence-corrected chi connectivity index (χ2v) is 7.81. The molecule has 3 aromatic rings.